The number of nitrogens with one attached hydrogen (secondary N) is 1. The molecular weight excluding hydrogens is 322 g/mol. The lowest BCUT2D eigenvalue weighted by Crippen LogP contribution is -2.55. The molecule has 1 N–H and O–H groups in total. The van der Waals surface area contributed by atoms with Crippen LogP contribution in [0.25, 0.3) is 0 Å². The van der Waals surface area contributed by atoms with Crippen LogP contribution in [-0.4, -0.2) is 6.04 Å². The van der Waals surface area contributed by atoms with Gasteiger partial charge >= 0.3 is 0 Å². The summed E-state index contributed by atoms with van der Waals surface area (Å²) in [6, 6.07) is 8.18. The second kappa shape index (κ2) is 4.83. The Labute approximate surface area is 136 Å². The van der Waals surface area contributed by atoms with Crippen LogP contribution in [0.4, 0.5) is 0 Å². The van der Waals surface area contributed by atoms with Gasteiger partial charge in [-0.05, 0) is 85.8 Å². The Morgan fingerprint density at radius 2 is 1.67 bits per heavy atom. The zero-order valence-corrected chi connectivity index (χ0v) is 14.1. The van der Waals surface area contributed by atoms with Gasteiger partial charge in [0.05, 0.1) is 0 Å². The molecule has 5 aliphatic carbocycles. The first kappa shape index (κ1) is 13.1. The molecule has 6 rings (SSSR count). The maximum Gasteiger partial charge on any atom is 0.0329 e. The fraction of sp³-hybridized carbons (Fsp3) is 0.684. The van der Waals surface area contributed by atoms with E-state index in [1.165, 1.54) is 43.0 Å². The van der Waals surface area contributed by atoms with Crippen molar-refractivity contribution in [1.29, 1.82) is 0 Å². The molecule has 1 nitrogen and oxygen atoms in total. The van der Waals surface area contributed by atoms with Crippen molar-refractivity contribution >= 4 is 15.9 Å². The predicted molar refractivity (Wildman–Crippen MR) is 89.2 cm³/mol. The van der Waals surface area contributed by atoms with Gasteiger partial charge in [-0.15, -0.1) is 0 Å². The van der Waals surface area contributed by atoms with Crippen LogP contribution in [0.15, 0.2) is 22.7 Å². The molecule has 1 aromatic carbocycles. The van der Waals surface area contributed by atoms with Crippen molar-refractivity contribution in [3.05, 3.63) is 33.8 Å². The van der Waals surface area contributed by atoms with Gasteiger partial charge in [0, 0.05) is 16.6 Å². The molecule has 0 amide bonds. The van der Waals surface area contributed by atoms with Crippen molar-refractivity contribution < 1.29 is 0 Å². The minimum Gasteiger partial charge on any atom is -0.307 e. The lowest BCUT2D eigenvalue weighted by atomic mass is 9.54. The number of hydrogen-bond acceptors (Lipinski definition) is 1. The second-order valence-electron chi connectivity index (χ2n) is 8.02. The van der Waals surface area contributed by atoms with Crippen LogP contribution < -0.4 is 5.32 Å². The lowest BCUT2D eigenvalue weighted by molar-refractivity contribution is -0.0177. The third-order valence-corrected chi connectivity index (χ3v) is 7.58. The topological polar surface area (TPSA) is 12.0 Å². The first-order valence-corrected chi connectivity index (χ1v) is 9.60. The third-order valence-electron chi connectivity index (χ3n) is 6.83. The summed E-state index contributed by atoms with van der Waals surface area (Å²) in [5.41, 5.74) is 3.12. The van der Waals surface area contributed by atoms with Crippen LogP contribution in [0, 0.1) is 23.7 Å². The number of rotatable bonds is 2. The number of fused-ring (bicyclic) bond motifs is 1. The molecule has 0 radical (unpaired) electrons. The normalized spacial score (nSPS) is 43.3. The van der Waals surface area contributed by atoms with Crippen LogP contribution in [0.3, 0.4) is 0 Å². The highest BCUT2D eigenvalue weighted by atomic mass is 79.9. The molecule has 21 heavy (non-hydrogen) atoms. The molecule has 0 spiro atoms. The molecule has 4 fully saturated rings. The van der Waals surface area contributed by atoms with E-state index in [1.807, 2.05) is 0 Å². The van der Waals surface area contributed by atoms with Gasteiger partial charge in [0.25, 0.3) is 0 Å². The molecule has 0 aromatic heterocycles. The van der Waals surface area contributed by atoms with E-state index in [0.717, 1.165) is 29.7 Å². The molecule has 0 aliphatic heterocycles. The highest BCUT2D eigenvalue weighted by Crippen LogP contribution is 2.54. The molecular formula is C19H24BrN. The van der Waals surface area contributed by atoms with E-state index in [-0.39, 0.29) is 0 Å². The number of hydrogen-bond donors (Lipinski definition) is 1. The van der Waals surface area contributed by atoms with Crippen LogP contribution in [0.2, 0.25) is 0 Å². The summed E-state index contributed by atoms with van der Waals surface area (Å²) in [5, 5.41) is 4.12. The van der Waals surface area contributed by atoms with E-state index in [4.69, 9.17) is 0 Å². The van der Waals surface area contributed by atoms with E-state index in [9.17, 15) is 0 Å². The summed E-state index contributed by atoms with van der Waals surface area (Å²) in [6.07, 6.45) is 10.2. The van der Waals surface area contributed by atoms with E-state index in [1.54, 1.807) is 17.5 Å². The van der Waals surface area contributed by atoms with Crippen molar-refractivity contribution in [3.8, 4) is 0 Å². The SMILES string of the molecule is Brc1cccc2c1CCC2NC1C2CC3CC(C2)CC1C3. The average molecular weight is 346 g/mol. The minimum absolute atomic E-state index is 0.611. The van der Waals surface area contributed by atoms with E-state index < -0.39 is 0 Å². The maximum atomic E-state index is 4.12. The van der Waals surface area contributed by atoms with Gasteiger partial charge < -0.3 is 5.32 Å². The fourth-order valence-corrected chi connectivity index (χ4v) is 6.79. The highest BCUT2D eigenvalue weighted by Gasteiger charge is 2.48. The number of halogens is 1. The lowest BCUT2D eigenvalue weighted by Gasteiger charge is -2.55. The van der Waals surface area contributed by atoms with Crippen LogP contribution in [0.1, 0.15) is 55.7 Å². The maximum absolute atomic E-state index is 4.12. The molecule has 0 heterocycles. The molecule has 1 aromatic rings. The van der Waals surface area contributed by atoms with Crippen molar-refractivity contribution in [2.24, 2.45) is 23.7 Å². The molecule has 112 valence electrons. The molecule has 4 saturated carbocycles. The van der Waals surface area contributed by atoms with Crippen LogP contribution in [-0.2, 0) is 6.42 Å². The Balaban J connectivity index is 1.39. The summed E-state index contributed by atoms with van der Waals surface area (Å²) in [5.74, 6) is 4.13. The van der Waals surface area contributed by atoms with Crippen molar-refractivity contribution in [2.45, 2.75) is 57.0 Å². The van der Waals surface area contributed by atoms with Gasteiger partial charge in [-0.25, -0.2) is 0 Å². The Morgan fingerprint density at radius 1 is 0.952 bits per heavy atom. The Bertz CT molecular complexity index is 539. The second-order valence-corrected chi connectivity index (χ2v) is 8.88. The summed E-state index contributed by atoms with van der Waals surface area (Å²) in [7, 11) is 0. The van der Waals surface area contributed by atoms with Gasteiger partial charge in [0.1, 0.15) is 0 Å². The Hall–Kier alpha value is -0.340. The predicted octanol–water partition coefficient (Wildman–Crippen LogP) is 4.85. The summed E-state index contributed by atoms with van der Waals surface area (Å²) >= 11 is 3.73. The van der Waals surface area contributed by atoms with Crippen LogP contribution in [0.5, 0.6) is 0 Å². The highest BCUT2D eigenvalue weighted by molar-refractivity contribution is 9.10. The third kappa shape index (κ3) is 2.05. The van der Waals surface area contributed by atoms with E-state index in [2.05, 4.69) is 39.4 Å². The minimum atomic E-state index is 0.611. The zero-order valence-electron chi connectivity index (χ0n) is 12.5. The summed E-state index contributed by atoms with van der Waals surface area (Å²) in [6.45, 7) is 0. The van der Waals surface area contributed by atoms with Gasteiger partial charge in [-0.3, -0.25) is 0 Å². The summed E-state index contributed by atoms with van der Waals surface area (Å²) in [4.78, 5) is 0. The van der Waals surface area contributed by atoms with Gasteiger partial charge in [-0.2, -0.15) is 0 Å². The fourth-order valence-electron chi connectivity index (χ4n) is 6.21. The number of benzene rings is 1. The smallest absolute Gasteiger partial charge is 0.0329 e. The monoisotopic (exact) mass is 345 g/mol. The molecule has 0 saturated heterocycles. The summed E-state index contributed by atoms with van der Waals surface area (Å²) < 4.78 is 1.31. The Kier molecular flexibility index (Phi) is 3.02. The van der Waals surface area contributed by atoms with Crippen molar-refractivity contribution in [1.82, 2.24) is 5.32 Å². The van der Waals surface area contributed by atoms with Crippen LogP contribution >= 0.6 is 15.9 Å². The largest absolute Gasteiger partial charge is 0.307 e. The van der Waals surface area contributed by atoms with Gasteiger partial charge in [0.15, 0.2) is 0 Å². The first-order chi connectivity index (χ1) is 10.3. The quantitative estimate of drug-likeness (QED) is 0.807. The molecule has 2 heteroatoms. The molecule has 1 unspecified atom stereocenters. The zero-order chi connectivity index (χ0) is 14.0. The Morgan fingerprint density at radius 3 is 2.38 bits per heavy atom. The first-order valence-electron chi connectivity index (χ1n) is 8.81. The van der Waals surface area contributed by atoms with E-state index >= 15 is 0 Å². The molecule has 1 atom stereocenters. The molecule has 5 aliphatic rings. The van der Waals surface area contributed by atoms with Gasteiger partial charge in [0.2, 0.25) is 0 Å². The average Bonchev–Trinajstić information content (AvgIpc) is 2.87. The molecule has 4 bridgehead atoms. The van der Waals surface area contributed by atoms with Crippen molar-refractivity contribution in [2.75, 3.05) is 0 Å². The van der Waals surface area contributed by atoms with Gasteiger partial charge in [-0.1, -0.05) is 28.1 Å². The van der Waals surface area contributed by atoms with Crippen molar-refractivity contribution in [3.63, 3.8) is 0 Å². The van der Waals surface area contributed by atoms with E-state index in [0.29, 0.717) is 6.04 Å². The standard InChI is InChI=1S/C19H24BrN/c20-17-3-1-2-16-15(17)4-5-18(16)21-19-13-7-11-6-12(9-13)10-14(19)8-11/h1-3,11-14,18-19,21H,4-10H2.